The molecular weight excluding hydrogens is 266 g/mol. The molecule has 5 nitrogen and oxygen atoms in total. The zero-order valence-corrected chi connectivity index (χ0v) is 10.0. The van der Waals surface area contributed by atoms with Gasteiger partial charge in [-0.25, -0.2) is 17.2 Å². The van der Waals surface area contributed by atoms with Gasteiger partial charge in [0.1, 0.15) is 11.6 Å². The van der Waals surface area contributed by atoms with Crippen molar-refractivity contribution in [2.45, 2.75) is 4.90 Å². The zero-order chi connectivity index (χ0) is 13.3. The summed E-state index contributed by atoms with van der Waals surface area (Å²) in [6.07, 6.45) is 0. The molecule has 0 aromatic heterocycles. The van der Waals surface area contributed by atoms with Gasteiger partial charge < -0.3 is 5.32 Å². The fourth-order valence-electron chi connectivity index (χ4n) is 1.68. The Kier molecular flexibility index (Phi) is 3.31. The fourth-order valence-corrected chi connectivity index (χ4v) is 3.18. The van der Waals surface area contributed by atoms with Crippen molar-refractivity contribution in [1.29, 1.82) is 0 Å². The minimum atomic E-state index is -4.33. The summed E-state index contributed by atoms with van der Waals surface area (Å²) in [7, 11) is -4.33. The Morgan fingerprint density at radius 1 is 1.22 bits per heavy atom. The van der Waals surface area contributed by atoms with Gasteiger partial charge in [-0.3, -0.25) is 4.79 Å². The summed E-state index contributed by atoms with van der Waals surface area (Å²) >= 11 is 0. The normalized spacial score (nSPS) is 17.6. The highest BCUT2D eigenvalue weighted by Gasteiger charge is 2.33. The van der Waals surface area contributed by atoms with Gasteiger partial charge in [0.05, 0.1) is 6.54 Å². The number of hydrogen-bond acceptors (Lipinski definition) is 3. The topological polar surface area (TPSA) is 66.5 Å². The average molecular weight is 276 g/mol. The lowest BCUT2D eigenvalue weighted by atomic mass is 10.3. The van der Waals surface area contributed by atoms with Crippen LogP contribution in [0, 0.1) is 11.6 Å². The molecule has 0 radical (unpaired) electrons. The Morgan fingerprint density at radius 2 is 1.83 bits per heavy atom. The number of carbonyl (C=O) groups is 1. The predicted octanol–water partition coefficient (Wildman–Crippen LogP) is 0.0853. The standard InChI is InChI=1S/C10H10F2N2O3S/c11-7-2-1-3-8(12)10(7)18(16,17)14-5-4-13-9(15)6-14/h1-3H,4-6H2,(H,13,15). The van der Waals surface area contributed by atoms with E-state index < -0.39 is 39.0 Å². The Balaban J connectivity index is 2.45. The Morgan fingerprint density at radius 3 is 2.39 bits per heavy atom. The molecule has 98 valence electrons. The highest BCUT2D eigenvalue weighted by molar-refractivity contribution is 7.89. The smallest absolute Gasteiger partial charge is 0.249 e. The van der Waals surface area contributed by atoms with Crippen LogP contribution in [-0.2, 0) is 14.8 Å². The predicted molar refractivity (Wildman–Crippen MR) is 58.1 cm³/mol. The number of benzene rings is 1. The van der Waals surface area contributed by atoms with Gasteiger partial charge in [-0.05, 0) is 12.1 Å². The summed E-state index contributed by atoms with van der Waals surface area (Å²) in [6, 6.07) is 2.80. The van der Waals surface area contributed by atoms with Crippen molar-refractivity contribution in [2.75, 3.05) is 19.6 Å². The number of carbonyl (C=O) groups excluding carboxylic acids is 1. The highest BCUT2D eigenvalue weighted by Crippen LogP contribution is 2.22. The number of hydrogen-bond donors (Lipinski definition) is 1. The van der Waals surface area contributed by atoms with Crippen LogP contribution in [0.25, 0.3) is 0 Å². The molecule has 0 saturated carbocycles. The molecule has 8 heteroatoms. The molecule has 18 heavy (non-hydrogen) atoms. The molecule has 0 unspecified atom stereocenters. The van der Waals surface area contributed by atoms with Crippen LogP contribution >= 0.6 is 0 Å². The average Bonchev–Trinajstić information content (AvgIpc) is 2.28. The third-order valence-electron chi connectivity index (χ3n) is 2.52. The van der Waals surface area contributed by atoms with Crippen molar-refractivity contribution in [2.24, 2.45) is 0 Å². The van der Waals surface area contributed by atoms with Gasteiger partial charge in [0.2, 0.25) is 15.9 Å². The fraction of sp³-hybridized carbons (Fsp3) is 0.300. The number of nitrogens with one attached hydrogen (secondary N) is 1. The van der Waals surface area contributed by atoms with Gasteiger partial charge in [0, 0.05) is 13.1 Å². The second kappa shape index (κ2) is 4.62. The molecule has 1 fully saturated rings. The summed E-state index contributed by atoms with van der Waals surface area (Å²) in [5.41, 5.74) is 0. The van der Waals surface area contributed by atoms with Gasteiger partial charge in [0.25, 0.3) is 0 Å². The van der Waals surface area contributed by atoms with Crippen LogP contribution < -0.4 is 5.32 Å². The second-order valence-electron chi connectivity index (χ2n) is 3.74. The van der Waals surface area contributed by atoms with Crippen LogP contribution in [0.1, 0.15) is 0 Å². The second-order valence-corrected chi connectivity index (χ2v) is 5.61. The summed E-state index contributed by atoms with van der Waals surface area (Å²) < 4.78 is 51.7. The Labute approximate surface area is 102 Å². The van der Waals surface area contributed by atoms with Gasteiger partial charge in [0.15, 0.2) is 4.90 Å². The van der Waals surface area contributed by atoms with Crippen LogP contribution in [-0.4, -0.2) is 38.3 Å². The maximum absolute atomic E-state index is 13.5. The van der Waals surface area contributed by atoms with Gasteiger partial charge in [-0.2, -0.15) is 4.31 Å². The highest BCUT2D eigenvalue weighted by atomic mass is 32.2. The zero-order valence-electron chi connectivity index (χ0n) is 9.19. The first-order valence-corrected chi connectivity index (χ1v) is 6.58. The summed E-state index contributed by atoms with van der Waals surface area (Å²) in [6.45, 7) is -0.327. The summed E-state index contributed by atoms with van der Waals surface area (Å²) in [5.74, 6) is -2.83. The molecule has 1 aliphatic rings. The van der Waals surface area contributed by atoms with Crippen LogP contribution in [0.2, 0.25) is 0 Å². The van der Waals surface area contributed by atoms with Crippen molar-refractivity contribution in [3.8, 4) is 0 Å². The van der Waals surface area contributed by atoms with Gasteiger partial charge in [-0.15, -0.1) is 0 Å². The lowest BCUT2D eigenvalue weighted by molar-refractivity contribution is -0.122. The largest absolute Gasteiger partial charge is 0.354 e. The first-order valence-electron chi connectivity index (χ1n) is 5.14. The van der Waals surface area contributed by atoms with Gasteiger partial charge >= 0.3 is 0 Å². The van der Waals surface area contributed by atoms with E-state index >= 15 is 0 Å². The number of nitrogens with zero attached hydrogens (tertiary/aromatic N) is 1. The molecule has 2 rings (SSSR count). The monoisotopic (exact) mass is 276 g/mol. The van der Waals surface area contributed by atoms with Crippen LogP contribution in [0.4, 0.5) is 8.78 Å². The molecule has 1 amide bonds. The van der Waals surface area contributed by atoms with E-state index in [4.69, 9.17) is 0 Å². The van der Waals surface area contributed by atoms with E-state index in [0.717, 1.165) is 22.5 Å². The van der Waals surface area contributed by atoms with Crippen molar-refractivity contribution in [3.05, 3.63) is 29.8 Å². The van der Waals surface area contributed by atoms with Crippen molar-refractivity contribution in [1.82, 2.24) is 9.62 Å². The van der Waals surface area contributed by atoms with E-state index in [1.54, 1.807) is 0 Å². The maximum atomic E-state index is 13.5. The first-order chi connectivity index (χ1) is 8.43. The SMILES string of the molecule is O=C1CN(S(=O)(=O)c2c(F)cccc2F)CCN1. The number of piperazine rings is 1. The third-order valence-corrected chi connectivity index (χ3v) is 4.42. The van der Waals surface area contributed by atoms with Crippen LogP contribution in [0.15, 0.2) is 23.1 Å². The lowest BCUT2D eigenvalue weighted by Gasteiger charge is -2.26. The third kappa shape index (κ3) is 2.21. The van der Waals surface area contributed by atoms with E-state index in [0.29, 0.717) is 0 Å². The van der Waals surface area contributed by atoms with E-state index in [2.05, 4.69) is 5.32 Å². The molecule has 1 aliphatic heterocycles. The lowest BCUT2D eigenvalue weighted by Crippen LogP contribution is -2.50. The van der Waals surface area contributed by atoms with Crippen LogP contribution in [0.3, 0.4) is 0 Å². The van der Waals surface area contributed by atoms with Gasteiger partial charge in [-0.1, -0.05) is 6.07 Å². The molecule has 1 N–H and O–H groups in total. The van der Waals surface area contributed by atoms with Crippen LogP contribution in [0.5, 0.6) is 0 Å². The van der Waals surface area contributed by atoms with E-state index in [1.165, 1.54) is 0 Å². The summed E-state index contributed by atoms with van der Waals surface area (Å²) in [4.78, 5) is 10.1. The molecule has 1 saturated heterocycles. The molecule has 1 heterocycles. The van der Waals surface area contributed by atoms with Crippen molar-refractivity contribution in [3.63, 3.8) is 0 Å². The van der Waals surface area contributed by atoms with E-state index in [1.807, 2.05) is 0 Å². The summed E-state index contributed by atoms with van der Waals surface area (Å²) in [5, 5.41) is 2.43. The maximum Gasteiger partial charge on any atom is 0.249 e. The van der Waals surface area contributed by atoms with E-state index in [-0.39, 0.29) is 13.1 Å². The Bertz CT molecular complexity index is 569. The molecule has 1 aromatic carbocycles. The first kappa shape index (κ1) is 12.9. The van der Waals surface area contributed by atoms with Crippen molar-refractivity contribution < 1.29 is 22.0 Å². The Hall–Kier alpha value is -1.54. The molecule has 0 spiro atoms. The molecule has 1 aromatic rings. The minimum Gasteiger partial charge on any atom is -0.354 e. The molecule has 0 bridgehead atoms. The molecular formula is C10H10F2N2O3S. The number of halogens is 2. The number of amides is 1. The number of sulfonamides is 1. The van der Waals surface area contributed by atoms with E-state index in [9.17, 15) is 22.0 Å². The van der Waals surface area contributed by atoms with Crippen molar-refractivity contribution >= 4 is 15.9 Å². The molecule has 0 atom stereocenters. The number of rotatable bonds is 2. The molecule has 0 aliphatic carbocycles. The quantitative estimate of drug-likeness (QED) is 0.832. The minimum absolute atomic E-state index is 0.0121.